The van der Waals surface area contributed by atoms with Crippen LogP contribution in [0.2, 0.25) is 0 Å². The maximum atomic E-state index is 13.9. The lowest BCUT2D eigenvalue weighted by Gasteiger charge is -2.08. The van der Waals surface area contributed by atoms with Crippen molar-refractivity contribution in [1.29, 1.82) is 0 Å². The minimum Gasteiger partial charge on any atom is -0.497 e. The van der Waals surface area contributed by atoms with Gasteiger partial charge in [0.05, 0.1) is 23.2 Å². The summed E-state index contributed by atoms with van der Waals surface area (Å²) in [5.74, 6) is -1.60. The number of hydrogen-bond donors (Lipinski definition) is 1. The van der Waals surface area contributed by atoms with Crippen LogP contribution in [0.15, 0.2) is 66.7 Å². The van der Waals surface area contributed by atoms with Crippen molar-refractivity contribution in [3.8, 4) is 5.75 Å². The molecule has 8 nitrogen and oxygen atoms in total. The number of carbonyl (C=O) groups excluding carboxylic acids is 2. The van der Waals surface area contributed by atoms with Crippen LogP contribution in [0.3, 0.4) is 0 Å². The number of nitrogens with zero attached hydrogens (tertiary/aromatic N) is 1. The first-order chi connectivity index (χ1) is 14.9. The fourth-order valence-corrected chi connectivity index (χ4v) is 2.64. The van der Waals surface area contributed by atoms with Crippen LogP contribution in [0.5, 0.6) is 5.75 Å². The van der Waals surface area contributed by atoms with E-state index >= 15 is 0 Å². The lowest BCUT2D eigenvalue weighted by atomic mass is 10.1. The summed E-state index contributed by atoms with van der Waals surface area (Å²) in [4.78, 5) is 34.6. The van der Waals surface area contributed by atoms with Gasteiger partial charge in [-0.1, -0.05) is 12.1 Å². The molecule has 3 aromatic carbocycles. The number of nitro benzene ring substituents is 1. The van der Waals surface area contributed by atoms with E-state index < -0.39 is 33.9 Å². The van der Waals surface area contributed by atoms with Crippen molar-refractivity contribution >= 4 is 23.3 Å². The summed E-state index contributed by atoms with van der Waals surface area (Å²) in [7, 11) is 1.56. The van der Waals surface area contributed by atoms with Gasteiger partial charge in [0.25, 0.3) is 11.6 Å². The second-order valence-electron chi connectivity index (χ2n) is 6.38. The molecule has 0 aromatic heterocycles. The molecule has 0 saturated carbocycles. The summed E-state index contributed by atoms with van der Waals surface area (Å²) in [6.07, 6.45) is 0. The Hall–Kier alpha value is -4.27. The van der Waals surface area contributed by atoms with Gasteiger partial charge in [-0.05, 0) is 48.0 Å². The predicted octanol–water partition coefficient (Wildman–Crippen LogP) is 4.35. The molecular formula is C22H17FN2O6. The van der Waals surface area contributed by atoms with Crippen LogP contribution in [-0.2, 0) is 11.3 Å². The number of carbonyl (C=O) groups is 2. The molecule has 0 radical (unpaired) electrons. The molecule has 31 heavy (non-hydrogen) atoms. The number of ether oxygens (including phenoxy) is 2. The molecule has 0 unspecified atom stereocenters. The highest BCUT2D eigenvalue weighted by molar-refractivity contribution is 6.05. The molecule has 3 aromatic rings. The first kappa shape index (κ1) is 21.4. The lowest BCUT2D eigenvalue weighted by Crippen LogP contribution is -2.14. The van der Waals surface area contributed by atoms with E-state index in [2.05, 4.69) is 5.32 Å². The largest absolute Gasteiger partial charge is 0.497 e. The first-order valence-electron chi connectivity index (χ1n) is 9.03. The number of methoxy groups -OCH3 is 1. The Morgan fingerprint density at radius 1 is 1.03 bits per heavy atom. The Morgan fingerprint density at radius 2 is 1.71 bits per heavy atom. The van der Waals surface area contributed by atoms with Gasteiger partial charge in [-0.3, -0.25) is 14.9 Å². The molecule has 0 aliphatic heterocycles. The van der Waals surface area contributed by atoms with Gasteiger partial charge in [0.15, 0.2) is 0 Å². The number of amides is 1. The van der Waals surface area contributed by atoms with E-state index in [0.29, 0.717) is 5.75 Å². The van der Waals surface area contributed by atoms with Crippen LogP contribution in [-0.4, -0.2) is 23.9 Å². The van der Waals surface area contributed by atoms with Gasteiger partial charge < -0.3 is 14.8 Å². The SMILES string of the molecule is COc1ccc(COC(=O)c2ccc(NC(=O)c3cc([N+](=O)[O-])ccc3F)cc2)cc1. The highest BCUT2D eigenvalue weighted by Gasteiger charge is 2.17. The summed E-state index contributed by atoms with van der Waals surface area (Å²) in [6, 6.07) is 15.5. The minimum atomic E-state index is -0.887. The molecule has 0 heterocycles. The standard InChI is InChI=1S/C22H17FN2O6/c1-30-18-9-2-14(3-10-18)13-31-22(27)15-4-6-16(7-5-15)24-21(26)19-12-17(25(28)29)8-11-20(19)23/h2-12H,13H2,1H3,(H,24,26). The van der Waals surface area contributed by atoms with Crippen molar-refractivity contribution in [2.75, 3.05) is 12.4 Å². The quantitative estimate of drug-likeness (QED) is 0.343. The zero-order chi connectivity index (χ0) is 22.4. The fraction of sp³-hybridized carbons (Fsp3) is 0.0909. The topological polar surface area (TPSA) is 108 Å². The molecular weight excluding hydrogens is 407 g/mol. The number of anilines is 1. The van der Waals surface area contributed by atoms with E-state index in [4.69, 9.17) is 9.47 Å². The van der Waals surface area contributed by atoms with Gasteiger partial charge >= 0.3 is 5.97 Å². The molecule has 9 heteroatoms. The highest BCUT2D eigenvalue weighted by atomic mass is 19.1. The van der Waals surface area contributed by atoms with Crippen molar-refractivity contribution in [1.82, 2.24) is 0 Å². The summed E-state index contributed by atoms with van der Waals surface area (Å²) in [6.45, 7) is 0.0768. The number of esters is 1. The van der Waals surface area contributed by atoms with E-state index in [-0.39, 0.29) is 17.9 Å². The Labute approximate surface area is 176 Å². The Balaban J connectivity index is 1.61. The highest BCUT2D eigenvalue weighted by Crippen LogP contribution is 2.19. The second kappa shape index (κ2) is 9.49. The van der Waals surface area contributed by atoms with Gasteiger partial charge in [-0.2, -0.15) is 0 Å². The minimum absolute atomic E-state index is 0.0768. The lowest BCUT2D eigenvalue weighted by molar-refractivity contribution is -0.384. The maximum absolute atomic E-state index is 13.9. The number of nitro groups is 1. The fourth-order valence-electron chi connectivity index (χ4n) is 2.64. The molecule has 3 rings (SSSR count). The van der Waals surface area contributed by atoms with Crippen LogP contribution in [0.1, 0.15) is 26.3 Å². The first-order valence-corrected chi connectivity index (χ1v) is 9.03. The molecule has 1 N–H and O–H groups in total. The molecule has 158 valence electrons. The van der Waals surface area contributed by atoms with E-state index in [1.807, 2.05) is 0 Å². The third-order valence-electron chi connectivity index (χ3n) is 4.31. The summed E-state index contributed by atoms with van der Waals surface area (Å²) >= 11 is 0. The predicted molar refractivity (Wildman–Crippen MR) is 110 cm³/mol. The number of hydrogen-bond acceptors (Lipinski definition) is 6. The van der Waals surface area contributed by atoms with Gasteiger partial charge in [-0.15, -0.1) is 0 Å². The number of nitrogens with one attached hydrogen (secondary N) is 1. The van der Waals surface area contributed by atoms with Crippen LogP contribution in [0.4, 0.5) is 15.8 Å². The molecule has 0 atom stereocenters. The molecule has 0 bridgehead atoms. The summed E-state index contributed by atoms with van der Waals surface area (Å²) in [5.41, 5.74) is 0.464. The van der Waals surface area contributed by atoms with Crippen LogP contribution in [0.25, 0.3) is 0 Å². The van der Waals surface area contributed by atoms with Crippen molar-refractivity contribution in [2.45, 2.75) is 6.61 Å². The second-order valence-corrected chi connectivity index (χ2v) is 6.38. The number of benzene rings is 3. The molecule has 0 spiro atoms. The third-order valence-corrected chi connectivity index (χ3v) is 4.31. The summed E-state index contributed by atoms with van der Waals surface area (Å²) < 4.78 is 24.2. The monoisotopic (exact) mass is 424 g/mol. The Bertz CT molecular complexity index is 1110. The molecule has 0 fully saturated rings. The van der Waals surface area contributed by atoms with Crippen molar-refractivity contribution < 1.29 is 28.4 Å². The number of halogens is 1. The van der Waals surface area contributed by atoms with Crippen LogP contribution < -0.4 is 10.1 Å². The zero-order valence-electron chi connectivity index (χ0n) is 16.3. The molecule has 0 aliphatic carbocycles. The van der Waals surface area contributed by atoms with Gasteiger partial charge in [0.2, 0.25) is 0 Å². The maximum Gasteiger partial charge on any atom is 0.338 e. The van der Waals surface area contributed by atoms with Gasteiger partial charge in [-0.25, -0.2) is 9.18 Å². The van der Waals surface area contributed by atoms with E-state index in [9.17, 15) is 24.1 Å². The van der Waals surface area contributed by atoms with Crippen LogP contribution in [0, 0.1) is 15.9 Å². The van der Waals surface area contributed by atoms with E-state index in [1.54, 1.807) is 31.4 Å². The normalized spacial score (nSPS) is 10.3. The third kappa shape index (κ3) is 5.41. The van der Waals surface area contributed by atoms with E-state index in [0.717, 1.165) is 23.8 Å². The number of rotatable bonds is 7. The van der Waals surface area contributed by atoms with Crippen molar-refractivity contribution in [2.24, 2.45) is 0 Å². The van der Waals surface area contributed by atoms with Crippen LogP contribution >= 0.6 is 0 Å². The van der Waals surface area contributed by atoms with Gasteiger partial charge in [0, 0.05) is 17.8 Å². The molecule has 0 aliphatic rings. The number of non-ortho nitro benzene ring substituents is 1. The van der Waals surface area contributed by atoms with E-state index in [1.165, 1.54) is 24.3 Å². The van der Waals surface area contributed by atoms with Crippen molar-refractivity contribution in [3.05, 3.63) is 99.4 Å². The summed E-state index contributed by atoms with van der Waals surface area (Å²) in [5, 5.41) is 13.3. The smallest absolute Gasteiger partial charge is 0.338 e. The molecule has 1 amide bonds. The average molecular weight is 424 g/mol. The average Bonchev–Trinajstić information content (AvgIpc) is 2.78. The van der Waals surface area contributed by atoms with Gasteiger partial charge in [0.1, 0.15) is 18.2 Å². The zero-order valence-corrected chi connectivity index (χ0v) is 16.3. The Kier molecular flexibility index (Phi) is 6.56. The Morgan fingerprint density at radius 3 is 2.32 bits per heavy atom. The molecule has 0 saturated heterocycles. The van der Waals surface area contributed by atoms with Crippen molar-refractivity contribution in [3.63, 3.8) is 0 Å².